The van der Waals surface area contributed by atoms with Crippen LogP contribution in [0.2, 0.25) is 0 Å². The molecule has 0 aliphatic carbocycles. The molecule has 0 spiro atoms. The van der Waals surface area contributed by atoms with E-state index in [1.165, 1.54) is 16.0 Å². The maximum absolute atomic E-state index is 13.0. The predicted molar refractivity (Wildman–Crippen MR) is 102 cm³/mol. The molecule has 5 heteroatoms. The van der Waals surface area contributed by atoms with Crippen molar-refractivity contribution in [1.29, 1.82) is 0 Å². The summed E-state index contributed by atoms with van der Waals surface area (Å²) >= 11 is 0. The summed E-state index contributed by atoms with van der Waals surface area (Å²) in [6.45, 7) is 3.06. The van der Waals surface area contributed by atoms with Gasteiger partial charge in [0.25, 0.3) is 5.91 Å². The molecule has 138 valence electrons. The molecular formula is C22H22N2O3. The molecule has 0 unspecified atom stereocenters. The molecule has 3 amide bonds. The van der Waals surface area contributed by atoms with Crippen molar-refractivity contribution < 1.29 is 14.4 Å². The Balaban J connectivity index is 1.52. The van der Waals surface area contributed by atoms with Crippen LogP contribution < -0.4 is 4.90 Å². The Morgan fingerprint density at radius 1 is 0.963 bits per heavy atom. The van der Waals surface area contributed by atoms with E-state index >= 15 is 0 Å². The van der Waals surface area contributed by atoms with Gasteiger partial charge in [0, 0.05) is 30.6 Å². The van der Waals surface area contributed by atoms with Crippen molar-refractivity contribution in [2.45, 2.75) is 39.2 Å². The molecular weight excluding hydrogens is 340 g/mol. The molecule has 27 heavy (non-hydrogen) atoms. The van der Waals surface area contributed by atoms with Gasteiger partial charge in [-0.2, -0.15) is 0 Å². The summed E-state index contributed by atoms with van der Waals surface area (Å²) in [6.07, 6.45) is 2.55. The maximum Gasteiger partial charge on any atom is 0.258 e. The number of likely N-dealkylation sites (tertiary alicyclic amines) is 1. The fourth-order valence-corrected chi connectivity index (χ4v) is 3.83. The van der Waals surface area contributed by atoms with E-state index in [-0.39, 0.29) is 24.3 Å². The van der Waals surface area contributed by atoms with Crippen LogP contribution in [0.25, 0.3) is 0 Å². The number of fused-ring (bicyclic) bond motifs is 1. The molecule has 5 nitrogen and oxygen atoms in total. The summed E-state index contributed by atoms with van der Waals surface area (Å²) < 4.78 is 0. The number of carbonyl (C=O) groups is 3. The van der Waals surface area contributed by atoms with Crippen LogP contribution >= 0.6 is 0 Å². The van der Waals surface area contributed by atoms with Crippen LogP contribution in [-0.2, 0) is 22.6 Å². The van der Waals surface area contributed by atoms with Gasteiger partial charge in [0.05, 0.1) is 6.54 Å². The summed E-state index contributed by atoms with van der Waals surface area (Å²) in [5, 5.41) is 0. The molecule has 2 aromatic carbocycles. The first-order valence-corrected chi connectivity index (χ1v) is 9.36. The molecule has 0 N–H and O–H groups in total. The Morgan fingerprint density at radius 3 is 2.37 bits per heavy atom. The number of carbonyl (C=O) groups excluding carboxylic acids is 3. The lowest BCUT2D eigenvalue weighted by Gasteiger charge is -2.30. The fourth-order valence-electron chi connectivity index (χ4n) is 3.83. The highest BCUT2D eigenvalue weighted by Crippen LogP contribution is 2.29. The minimum absolute atomic E-state index is 0.0142. The Morgan fingerprint density at radius 2 is 1.67 bits per heavy atom. The van der Waals surface area contributed by atoms with E-state index in [1.807, 2.05) is 29.2 Å². The minimum Gasteiger partial charge on any atom is -0.308 e. The van der Waals surface area contributed by atoms with E-state index < -0.39 is 0 Å². The first-order valence-electron chi connectivity index (χ1n) is 9.36. The molecule has 2 aliphatic rings. The lowest BCUT2D eigenvalue weighted by Crippen LogP contribution is -2.35. The van der Waals surface area contributed by atoms with Crippen molar-refractivity contribution in [1.82, 2.24) is 4.90 Å². The largest absolute Gasteiger partial charge is 0.308 e. The van der Waals surface area contributed by atoms with E-state index in [1.54, 1.807) is 12.1 Å². The highest BCUT2D eigenvalue weighted by Gasteiger charge is 2.29. The van der Waals surface area contributed by atoms with Crippen LogP contribution in [0.4, 0.5) is 5.69 Å². The zero-order valence-corrected chi connectivity index (χ0v) is 15.4. The fraction of sp³-hybridized carbons (Fsp3) is 0.318. The van der Waals surface area contributed by atoms with Crippen molar-refractivity contribution >= 4 is 23.4 Å². The third-order valence-electron chi connectivity index (χ3n) is 5.30. The Labute approximate surface area is 158 Å². The second kappa shape index (κ2) is 6.99. The zero-order chi connectivity index (χ0) is 19.0. The summed E-state index contributed by atoms with van der Waals surface area (Å²) in [7, 11) is 0. The van der Waals surface area contributed by atoms with Crippen LogP contribution in [0.3, 0.4) is 0 Å². The van der Waals surface area contributed by atoms with E-state index in [9.17, 15) is 14.4 Å². The molecule has 0 aromatic heterocycles. The van der Waals surface area contributed by atoms with Crippen LogP contribution in [0, 0.1) is 6.92 Å². The van der Waals surface area contributed by atoms with Crippen molar-refractivity contribution in [3.63, 3.8) is 0 Å². The number of hydrogen-bond acceptors (Lipinski definition) is 3. The zero-order valence-electron chi connectivity index (χ0n) is 15.4. The van der Waals surface area contributed by atoms with Gasteiger partial charge < -0.3 is 4.90 Å². The second-order valence-corrected chi connectivity index (χ2v) is 7.26. The van der Waals surface area contributed by atoms with Crippen molar-refractivity contribution in [3.05, 3.63) is 64.7 Å². The molecule has 1 saturated heterocycles. The van der Waals surface area contributed by atoms with Gasteiger partial charge in [-0.1, -0.05) is 29.8 Å². The number of rotatable bonds is 3. The molecule has 0 saturated carbocycles. The highest BCUT2D eigenvalue weighted by molar-refractivity contribution is 6.07. The van der Waals surface area contributed by atoms with Gasteiger partial charge in [-0.25, -0.2) is 0 Å². The summed E-state index contributed by atoms with van der Waals surface area (Å²) in [5.74, 6) is -0.264. The number of benzene rings is 2. The van der Waals surface area contributed by atoms with Crippen LogP contribution in [-0.4, -0.2) is 29.2 Å². The molecule has 4 rings (SSSR count). The van der Waals surface area contributed by atoms with Gasteiger partial charge in [-0.05, 0) is 49.1 Å². The third-order valence-corrected chi connectivity index (χ3v) is 5.30. The second-order valence-electron chi connectivity index (χ2n) is 7.26. The number of imide groups is 1. The Bertz CT molecular complexity index is 902. The van der Waals surface area contributed by atoms with E-state index in [4.69, 9.17) is 0 Å². The molecule has 0 atom stereocenters. The van der Waals surface area contributed by atoms with Crippen LogP contribution in [0.1, 0.15) is 46.3 Å². The van der Waals surface area contributed by atoms with E-state index in [0.717, 1.165) is 24.1 Å². The topological polar surface area (TPSA) is 57.7 Å². The number of nitrogens with zero attached hydrogens (tertiary/aromatic N) is 2. The number of hydrogen-bond donors (Lipinski definition) is 0. The molecule has 0 bridgehead atoms. The lowest BCUT2D eigenvalue weighted by molar-refractivity contribution is -0.139. The van der Waals surface area contributed by atoms with Gasteiger partial charge in [-0.15, -0.1) is 0 Å². The first-order chi connectivity index (χ1) is 13.0. The van der Waals surface area contributed by atoms with Gasteiger partial charge in [-0.3, -0.25) is 19.3 Å². The Hall–Kier alpha value is -2.95. The van der Waals surface area contributed by atoms with Gasteiger partial charge in [0.1, 0.15) is 0 Å². The molecule has 2 aromatic rings. The smallest absolute Gasteiger partial charge is 0.258 e. The molecule has 2 heterocycles. The highest BCUT2D eigenvalue weighted by atomic mass is 16.2. The number of amides is 3. The standard InChI is InChI=1S/C22H22N2O3/c1-15-4-9-19-18(13-15)3-2-12-23(19)22(27)17-7-5-16(6-8-17)14-24-20(25)10-11-21(24)26/h4-9,13H,2-3,10-12,14H2,1H3. The van der Waals surface area contributed by atoms with Gasteiger partial charge in [0.15, 0.2) is 0 Å². The number of anilines is 1. The van der Waals surface area contributed by atoms with E-state index in [0.29, 0.717) is 24.9 Å². The SMILES string of the molecule is Cc1ccc2c(c1)CCCN2C(=O)c1ccc(CN2C(=O)CCC2=O)cc1. The van der Waals surface area contributed by atoms with Crippen LogP contribution in [0.5, 0.6) is 0 Å². The average molecular weight is 362 g/mol. The molecule has 1 fully saturated rings. The normalized spacial score (nSPS) is 16.6. The average Bonchev–Trinajstić information content (AvgIpc) is 2.99. The minimum atomic E-state index is -0.125. The summed E-state index contributed by atoms with van der Waals surface area (Å²) in [6, 6.07) is 13.4. The quantitative estimate of drug-likeness (QED) is 0.788. The molecule has 0 radical (unpaired) electrons. The number of aryl methyl sites for hydroxylation is 2. The Kier molecular flexibility index (Phi) is 4.52. The maximum atomic E-state index is 13.0. The molecule has 2 aliphatic heterocycles. The van der Waals surface area contributed by atoms with Crippen molar-refractivity contribution in [2.75, 3.05) is 11.4 Å². The third kappa shape index (κ3) is 3.37. The van der Waals surface area contributed by atoms with Crippen molar-refractivity contribution in [3.8, 4) is 0 Å². The summed E-state index contributed by atoms with van der Waals surface area (Å²) in [4.78, 5) is 39.7. The summed E-state index contributed by atoms with van der Waals surface area (Å²) in [5.41, 5.74) is 4.89. The van der Waals surface area contributed by atoms with Crippen LogP contribution in [0.15, 0.2) is 42.5 Å². The van der Waals surface area contributed by atoms with Crippen molar-refractivity contribution in [2.24, 2.45) is 0 Å². The first kappa shape index (κ1) is 17.5. The predicted octanol–water partition coefficient (Wildman–Crippen LogP) is 3.24. The van der Waals surface area contributed by atoms with E-state index in [2.05, 4.69) is 13.0 Å². The monoisotopic (exact) mass is 362 g/mol. The lowest BCUT2D eigenvalue weighted by atomic mass is 9.98. The van der Waals surface area contributed by atoms with Gasteiger partial charge in [0.2, 0.25) is 11.8 Å². The van der Waals surface area contributed by atoms with Gasteiger partial charge >= 0.3 is 0 Å².